The smallest absolute Gasteiger partial charge is 0.338 e. The maximum atomic E-state index is 12.8. The Morgan fingerprint density at radius 1 is 1.07 bits per heavy atom. The molecule has 7 nitrogen and oxygen atoms in total. The first-order valence-electron chi connectivity index (χ1n) is 8.85. The number of carbonyl (C=O) groups is 2. The highest BCUT2D eigenvalue weighted by Gasteiger charge is 2.28. The van der Waals surface area contributed by atoms with Crippen LogP contribution in [0.3, 0.4) is 0 Å². The van der Waals surface area contributed by atoms with Gasteiger partial charge in [0, 0.05) is 11.1 Å². The van der Waals surface area contributed by atoms with Gasteiger partial charge in [-0.2, -0.15) is 0 Å². The zero-order valence-electron chi connectivity index (χ0n) is 15.6. The van der Waals surface area contributed by atoms with E-state index in [1.54, 1.807) is 0 Å². The Morgan fingerprint density at radius 3 is 2.40 bits per heavy atom. The molecule has 2 N–H and O–H groups in total. The monoisotopic (exact) mass is 490 g/mol. The number of anilines is 1. The Kier molecular flexibility index (Phi) is 6.81. The average Bonchev–Trinajstić information content (AvgIpc) is 3.48. The molecule has 0 aromatic heterocycles. The summed E-state index contributed by atoms with van der Waals surface area (Å²) >= 11 is 17.9. The fourth-order valence-electron chi connectivity index (χ4n) is 2.44. The van der Waals surface area contributed by atoms with Crippen LogP contribution < -0.4 is 10.0 Å². The van der Waals surface area contributed by atoms with E-state index in [9.17, 15) is 18.0 Å². The van der Waals surface area contributed by atoms with Crippen molar-refractivity contribution in [2.75, 3.05) is 4.72 Å². The van der Waals surface area contributed by atoms with Gasteiger partial charge in [0.1, 0.15) is 4.90 Å². The quantitative estimate of drug-likeness (QED) is 0.563. The summed E-state index contributed by atoms with van der Waals surface area (Å²) in [5.74, 6) is -1.27. The molecule has 2 aromatic rings. The lowest BCUT2D eigenvalue weighted by atomic mass is 10.2. The van der Waals surface area contributed by atoms with Crippen LogP contribution in [-0.4, -0.2) is 32.4 Å². The second-order valence-electron chi connectivity index (χ2n) is 6.71. The lowest BCUT2D eigenvalue weighted by Crippen LogP contribution is -2.37. The number of benzene rings is 2. The van der Waals surface area contributed by atoms with Gasteiger partial charge in [0.25, 0.3) is 15.9 Å². The number of esters is 1. The molecule has 0 aliphatic heterocycles. The molecule has 160 valence electrons. The number of sulfonamides is 1. The number of amides is 1. The van der Waals surface area contributed by atoms with Gasteiger partial charge in [-0.05, 0) is 56.2 Å². The summed E-state index contributed by atoms with van der Waals surface area (Å²) in [5, 5.41) is 3.02. The van der Waals surface area contributed by atoms with Crippen LogP contribution >= 0.6 is 34.8 Å². The summed E-state index contributed by atoms with van der Waals surface area (Å²) in [5.41, 5.74) is -0.0263. The van der Waals surface area contributed by atoms with E-state index in [0.29, 0.717) is 0 Å². The maximum Gasteiger partial charge on any atom is 0.338 e. The molecular formula is C19H17Cl3N2O5S. The minimum absolute atomic E-state index is 0.0542. The molecule has 11 heteroatoms. The third-order valence-electron chi connectivity index (χ3n) is 4.21. The topological polar surface area (TPSA) is 102 Å². The zero-order chi connectivity index (χ0) is 22.1. The summed E-state index contributed by atoms with van der Waals surface area (Å²) in [6, 6.07) is 8.03. The van der Waals surface area contributed by atoms with E-state index in [1.807, 2.05) is 0 Å². The van der Waals surface area contributed by atoms with Crippen molar-refractivity contribution in [3.8, 4) is 0 Å². The molecule has 0 heterocycles. The van der Waals surface area contributed by atoms with Crippen LogP contribution in [0.25, 0.3) is 0 Å². The summed E-state index contributed by atoms with van der Waals surface area (Å²) in [7, 11) is -4.20. The molecule has 3 rings (SSSR count). The van der Waals surface area contributed by atoms with Crippen molar-refractivity contribution in [2.24, 2.45) is 0 Å². The third kappa shape index (κ3) is 5.57. The second-order valence-corrected chi connectivity index (χ2v) is 9.61. The molecule has 0 unspecified atom stereocenters. The van der Waals surface area contributed by atoms with Crippen molar-refractivity contribution in [1.82, 2.24) is 5.32 Å². The van der Waals surface area contributed by atoms with Crippen LogP contribution in [0.15, 0.2) is 41.3 Å². The molecule has 0 radical (unpaired) electrons. The molecule has 0 saturated heterocycles. The highest BCUT2D eigenvalue weighted by atomic mass is 35.5. The Bertz CT molecular complexity index is 1100. The van der Waals surface area contributed by atoms with E-state index >= 15 is 0 Å². The highest BCUT2D eigenvalue weighted by Crippen LogP contribution is 2.30. The van der Waals surface area contributed by atoms with Gasteiger partial charge >= 0.3 is 5.97 Å². The van der Waals surface area contributed by atoms with Crippen LogP contribution in [0, 0.1) is 0 Å². The molecule has 0 spiro atoms. The summed E-state index contributed by atoms with van der Waals surface area (Å²) < 4.78 is 33.0. The van der Waals surface area contributed by atoms with E-state index < -0.39 is 28.0 Å². The fourth-order valence-corrected chi connectivity index (χ4v) is 4.43. The molecular weight excluding hydrogens is 475 g/mol. The third-order valence-corrected chi connectivity index (χ3v) is 6.62. The minimum atomic E-state index is -4.20. The largest absolute Gasteiger partial charge is 0.449 e. The Hall–Kier alpha value is -2.00. The predicted molar refractivity (Wildman–Crippen MR) is 115 cm³/mol. The number of halogens is 3. The average molecular weight is 492 g/mol. The number of carbonyl (C=O) groups excluding carboxylic acids is 2. The van der Waals surface area contributed by atoms with Crippen molar-refractivity contribution < 1.29 is 22.7 Å². The van der Waals surface area contributed by atoms with Gasteiger partial charge in [0.05, 0.1) is 21.3 Å². The number of rotatable bonds is 7. The SMILES string of the molecule is C[C@@H](OC(=O)c1ccc(Cl)c(S(=O)(=O)Nc2cc(Cl)ccc2Cl)c1)C(=O)NC1CC1. The first kappa shape index (κ1) is 22.7. The van der Waals surface area contributed by atoms with Gasteiger partial charge < -0.3 is 10.1 Å². The van der Waals surface area contributed by atoms with E-state index in [4.69, 9.17) is 39.5 Å². The van der Waals surface area contributed by atoms with Gasteiger partial charge in [-0.15, -0.1) is 0 Å². The zero-order valence-corrected chi connectivity index (χ0v) is 18.7. The molecule has 1 aliphatic carbocycles. The fraction of sp³-hybridized carbons (Fsp3) is 0.263. The first-order valence-corrected chi connectivity index (χ1v) is 11.5. The van der Waals surface area contributed by atoms with Crippen molar-refractivity contribution in [3.05, 3.63) is 57.0 Å². The Labute approximate surface area is 188 Å². The first-order chi connectivity index (χ1) is 14.1. The molecule has 1 amide bonds. The van der Waals surface area contributed by atoms with Crippen molar-refractivity contribution >= 4 is 62.4 Å². The van der Waals surface area contributed by atoms with Crippen LogP contribution in [0.1, 0.15) is 30.1 Å². The molecule has 1 atom stereocenters. The van der Waals surface area contributed by atoms with Gasteiger partial charge in [-0.25, -0.2) is 13.2 Å². The number of nitrogens with one attached hydrogen (secondary N) is 2. The normalized spacial score (nSPS) is 14.7. The van der Waals surface area contributed by atoms with Crippen LogP contribution in [-0.2, 0) is 19.6 Å². The molecule has 1 saturated carbocycles. The highest BCUT2D eigenvalue weighted by molar-refractivity contribution is 7.92. The van der Waals surface area contributed by atoms with Gasteiger partial charge in [0.15, 0.2) is 6.10 Å². The number of hydrogen-bond acceptors (Lipinski definition) is 5. The number of hydrogen-bond donors (Lipinski definition) is 2. The second kappa shape index (κ2) is 9.01. The summed E-state index contributed by atoms with van der Waals surface area (Å²) in [6.45, 7) is 1.44. The molecule has 30 heavy (non-hydrogen) atoms. The minimum Gasteiger partial charge on any atom is -0.449 e. The van der Waals surface area contributed by atoms with Crippen LogP contribution in [0.2, 0.25) is 15.1 Å². The number of ether oxygens (including phenoxy) is 1. The van der Waals surface area contributed by atoms with Gasteiger partial charge in [-0.3, -0.25) is 9.52 Å². The molecule has 2 aromatic carbocycles. The van der Waals surface area contributed by atoms with E-state index in [0.717, 1.165) is 18.9 Å². The van der Waals surface area contributed by atoms with Crippen molar-refractivity contribution in [2.45, 2.75) is 36.8 Å². The van der Waals surface area contributed by atoms with Crippen LogP contribution in [0.4, 0.5) is 5.69 Å². The Balaban J connectivity index is 1.80. The summed E-state index contributed by atoms with van der Waals surface area (Å²) in [4.78, 5) is 24.0. The van der Waals surface area contributed by atoms with Crippen molar-refractivity contribution in [3.63, 3.8) is 0 Å². The lowest BCUT2D eigenvalue weighted by molar-refractivity contribution is -0.129. The summed E-state index contributed by atoms with van der Waals surface area (Å²) in [6.07, 6.45) is 0.764. The van der Waals surface area contributed by atoms with Gasteiger partial charge in [0.2, 0.25) is 0 Å². The maximum absolute atomic E-state index is 12.8. The van der Waals surface area contributed by atoms with Gasteiger partial charge in [-0.1, -0.05) is 34.8 Å². The van der Waals surface area contributed by atoms with Crippen molar-refractivity contribution in [1.29, 1.82) is 0 Å². The predicted octanol–water partition coefficient (Wildman–Crippen LogP) is 4.27. The van der Waals surface area contributed by atoms with E-state index in [1.165, 1.54) is 37.3 Å². The Morgan fingerprint density at radius 2 is 1.73 bits per heavy atom. The molecule has 1 fully saturated rings. The van der Waals surface area contributed by atoms with Crippen LogP contribution in [0.5, 0.6) is 0 Å². The lowest BCUT2D eigenvalue weighted by Gasteiger charge is -2.15. The van der Waals surface area contributed by atoms with E-state index in [-0.39, 0.29) is 37.3 Å². The van der Waals surface area contributed by atoms with E-state index in [2.05, 4.69) is 10.0 Å². The standard InChI is InChI=1S/C19H17Cl3N2O5S/c1-10(18(25)23-13-4-5-13)29-19(26)11-2-6-15(22)17(8-11)30(27,28)24-16-9-12(20)3-7-14(16)21/h2-3,6-10,13,24H,4-5H2,1H3,(H,23,25)/t10-/m1/s1. The molecule has 0 bridgehead atoms. The molecule has 1 aliphatic rings.